The van der Waals surface area contributed by atoms with Crippen molar-refractivity contribution in [1.82, 2.24) is 25.5 Å². The van der Waals surface area contributed by atoms with Crippen LogP contribution in [0.4, 0.5) is 10.2 Å². The fourth-order valence-corrected chi connectivity index (χ4v) is 4.47. The van der Waals surface area contributed by atoms with Crippen molar-refractivity contribution in [3.8, 4) is 34.3 Å². The molecule has 194 valence electrons. The minimum atomic E-state index is -3.41. The number of aromatic nitrogens is 4. The molecule has 12 heteroatoms. The second kappa shape index (κ2) is 10.7. The van der Waals surface area contributed by atoms with Crippen molar-refractivity contribution in [2.24, 2.45) is 0 Å². The third-order valence-electron chi connectivity index (χ3n) is 5.72. The van der Waals surface area contributed by atoms with Gasteiger partial charge in [-0.15, -0.1) is 10.2 Å². The summed E-state index contributed by atoms with van der Waals surface area (Å²) < 4.78 is 45.2. The predicted octanol–water partition coefficient (Wildman–Crippen LogP) is 3.23. The Morgan fingerprint density at radius 1 is 1.08 bits per heavy atom. The average molecular weight is 527 g/mol. The van der Waals surface area contributed by atoms with Crippen LogP contribution in [0.2, 0.25) is 0 Å². The predicted molar refractivity (Wildman–Crippen MR) is 136 cm³/mol. The van der Waals surface area contributed by atoms with Gasteiger partial charge >= 0.3 is 0 Å². The summed E-state index contributed by atoms with van der Waals surface area (Å²) in [7, 11) is -3.41. The van der Waals surface area contributed by atoms with Crippen molar-refractivity contribution in [3.05, 3.63) is 60.0 Å². The first kappa shape index (κ1) is 26.3. The van der Waals surface area contributed by atoms with Crippen LogP contribution in [0.15, 0.2) is 58.0 Å². The molecule has 1 atom stereocenters. The third-order valence-corrected chi connectivity index (χ3v) is 7.89. The largest absolute Gasteiger partial charge is 0.414 e. The van der Waals surface area contributed by atoms with E-state index >= 15 is 0 Å². The molecule has 4 N–H and O–H groups in total. The monoisotopic (exact) mass is 526 g/mol. The molecule has 0 spiro atoms. The van der Waals surface area contributed by atoms with E-state index in [0.29, 0.717) is 23.4 Å². The Kier molecular flexibility index (Phi) is 7.62. The summed E-state index contributed by atoms with van der Waals surface area (Å²) in [6, 6.07) is 10.8. The zero-order chi connectivity index (χ0) is 26.7. The van der Waals surface area contributed by atoms with Crippen molar-refractivity contribution in [1.29, 1.82) is 0 Å². The summed E-state index contributed by atoms with van der Waals surface area (Å²) in [6.07, 6.45) is 1.45. The normalized spacial score (nSPS) is 12.7. The molecule has 0 amide bonds. The second-order valence-corrected chi connectivity index (χ2v) is 11.3. The minimum Gasteiger partial charge on any atom is -0.414 e. The van der Waals surface area contributed by atoms with Gasteiger partial charge in [0, 0.05) is 18.2 Å². The number of hydrogen-bond acceptors (Lipinski definition) is 10. The molecule has 0 aliphatic heterocycles. The lowest BCUT2D eigenvalue weighted by atomic mass is 10.1. The van der Waals surface area contributed by atoms with Gasteiger partial charge in [0.25, 0.3) is 11.8 Å². The standard InChI is InChI=1S/C25H27FN6O4S/c1-14(2)37(34,35)18-7-5-17(6-8-18)21-12-29-23(27)22(30-21)25-32-31-24(36-25)19-9-4-16(10-20(19)26)11-28-15(3)13-33/h4-10,12,14-15,28,33H,11,13H2,1-3H3,(H2,27,29)/t15-/m1/s1. The zero-order valence-electron chi connectivity index (χ0n) is 20.5. The molecular formula is C25H27FN6O4S. The maximum atomic E-state index is 14.8. The Morgan fingerprint density at radius 3 is 2.43 bits per heavy atom. The molecule has 4 rings (SSSR count). The van der Waals surface area contributed by atoms with Crippen LogP contribution in [0.3, 0.4) is 0 Å². The maximum absolute atomic E-state index is 14.8. The number of nitrogens with two attached hydrogens (primary N) is 1. The van der Waals surface area contributed by atoms with Gasteiger partial charge in [-0.25, -0.2) is 22.8 Å². The van der Waals surface area contributed by atoms with Gasteiger partial charge in [0.15, 0.2) is 21.3 Å². The van der Waals surface area contributed by atoms with Crippen molar-refractivity contribution < 1.29 is 22.3 Å². The molecule has 0 aliphatic rings. The highest BCUT2D eigenvalue weighted by Crippen LogP contribution is 2.30. The quantitative estimate of drug-likeness (QED) is 0.296. The van der Waals surface area contributed by atoms with E-state index in [2.05, 4.69) is 25.5 Å². The molecule has 0 radical (unpaired) electrons. The Bertz CT molecular complexity index is 1510. The van der Waals surface area contributed by atoms with Crippen LogP contribution in [0.5, 0.6) is 0 Å². The van der Waals surface area contributed by atoms with E-state index in [1.54, 1.807) is 32.0 Å². The topological polar surface area (TPSA) is 157 Å². The van der Waals surface area contributed by atoms with Gasteiger partial charge in [0.2, 0.25) is 0 Å². The highest BCUT2D eigenvalue weighted by Gasteiger charge is 2.21. The number of nitrogens with zero attached hydrogens (tertiary/aromatic N) is 4. The van der Waals surface area contributed by atoms with Crippen molar-refractivity contribution >= 4 is 15.7 Å². The van der Waals surface area contributed by atoms with Gasteiger partial charge in [-0.1, -0.05) is 18.2 Å². The van der Waals surface area contributed by atoms with Crippen molar-refractivity contribution in [2.75, 3.05) is 12.3 Å². The van der Waals surface area contributed by atoms with Gasteiger partial charge in [-0.05, 0) is 50.6 Å². The van der Waals surface area contributed by atoms with E-state index in [0.717, 1.165) is 0 Å². The first-order valence-corrected chi connectivity index (χ1v) is 13.1. The average Bonchev–Trinajstić information content (AvgIpc) is 3.37. The van der Waals surface area contributed by atoms with E-state index in [-0.39, 0.29) is 46.4 Å². The summed E-state index contributed by atoms with van der Waals surface area (Å²) in [5.74, 6) is -0.596. The molecule has 10 nitrogen and oxygen atoms in total. The zero-order valence-corrected chi connectivity index (χ0v) is 21.3. The molecular weight excluding hydrogens is 499 g/mol. The molecule has 0 aliphatic carbocycles. The molecule has 0 bridgehead atoms. The summed E-state index contributed by atoms with van der Waals surface area (Å²) in [6.45, 7) is 5.43. The summed E-state index contributed by atoms with van der Waals surface area (Å²) in [5.41, 5.74) is 7.95. The highest BCUT2D eigenvalue weighted by atomic mass is 32.2. The Balaban J connectivity index is 1.59. The van der Waals surface area contributed by atoms with E-state index in [9.17, 15) is 12.8 Å². The number of halogens is 1. The Labute approximate surface area is 213 Å². The van der Waals surface area contributed by atoms with Crippen LogP contribution in [-0.4, -0.2) is 51.6 Å². The smallest absolute Gasteiger partial charge is 0.270 e. The van der Waals surface area contributed by atoms with Gasteiger partial charge < -0.3 is 20.6 Å². The van der Waals surface area contributed by atoms with Crippen LogP contribution in [0.25, 0.3) is 34.3 Å². The van der Waals surface area contributed by atoms with E-state index in [4.69, 9.17) is 15.3 Å². The van der Waals surface area contributed by atoms with Crippen LogP contribution in [-0.2, 0) is 16.4 Å². The first-order valence-electron chi connectivity index (χ1n) is 11.5. The van der Waals surface area contributed by atoms with Crippen molar-refractivity contribution in [2.45, 2.75) is 43.5 Å². The number of anilines is 1. The lowest BCUT2D eigenvalue weighted by Crippen LogP contribution is -2.28. The second-order valence-electron chi connectivity index (χ2n) is 8.80. The number of nitrogen functional groups attached to an aromatic ring is 1. The minimum absolute atomic E-state index is 0.0239. The lowest BCUT2D eigenvalue weighted by Gasteiger charge is -2.11. The molecule has 2 heterocycles. The van der Waals surface area contributed by atoms with Gasteiger partial charge in [0.1, 0.15) is 5.82 Å². The number of hydrogen-bond donors (Lipinski definition) is 3. The molecule has 0 unspecified atom stereocenters. The number of aliphatic hydroxyl groups is 1. The Hall–Kier alpha value is -3.74. The summed E-state index contributed by atoms with van der Waals surface area (Å²) in [4.78, 5) is 8.84. The number of sulfone groups is 1. The van der Waals surface area contributed by atoms with Crippen LogP contribution >= 0.6 is 0 Å². The van der Waals surface area contributed by atoms with Crippen LogP contribution in [0.1, 0.15) is 26.3 Å². The lowest BCUT2D eigenvalue weighted by molar-refractivity contribution is 0.251. The number of benzene rings is 2. The van der Waals surface area contributed by atoms with Crippen molar-refractivity contribution in [3.63, 3.8) is 0 Å². The number of aliphatic hydroxyl groups excluding tert-OH is 1. The Morgan fingerprint density at radius 2 is 1.78 bits per heavy atom. The number of rotatable bonds is 9. The fourth-order valence-electron chi connectivity index (χ4n) is 3.41. The van der Waals surface area contributed by atoms with Gasteiger partial charge in [-0.3, -0.25) is 0 Å². The van der Waals surface area contributed by atoms with E-state index in [1.807, 2.05) is 6.92 Å². The molecule has 0 saturated heterocycles. The van der Waals surface area contributed by atoms with Crippen LogP contribution < -0.4 is 11.1 Å². The maximum Gasteiger partial charge on any atom is 0.270 e. The summed E-state index contributed by atoms with van der Waals surface area (Å²) >= 11 is 0. The fraction of sp³-hybridized carbons (Fsp3) is 0.280. The molecule has 0 saturated carbocycles. The van der Waals surface area contributed by atoms with Gasteiger partial charge in [0.05, 0.1) is 34.2 Å². The van der Waals surface area contributed by atoms with Crippen LogP contribution in [0, 0.1) is 5.82 Å². The first-order chi connectivity index (χ1) is 17.6. The SMILES string of the molecule is CC(C)S(=O)(=O)c1ccc(-c2cnc(N)c(-c3nnc(-c4ccc(CN[C@H](C)CO)cc4F)o3)n2)cc1. The molecule has 2 aromatic carbocycles. The molecule has 0 fully saturated rings. The van der Waals surface area contributed by atoms with E-state index < -0.39 is 20.9 Å². The van der Waals surface area contributed by atoms with Gasteiger partial charge in [-0.2, -0.15) is 0 Å². The molecule has 37 heavy (non-hydrogen) atoms. The third kappa shape index (κ3) is 5.66. The van der Waals surface area contributed by atoms with E-state index in [1.165, 1.54) is 30.5 Å². The molecule has 2 aromatic heterocycles. The number of nitrogens with one attached hydrogen (secondary N) is 1. The molecule has 4 aromatic rings. The highest BCUT2D eigenvalue weighted by molar-refractivity contribution is 7.92. The summed E-state index contributed by atoms with van der Waals surface area (Å²) in [5, 5.41) is 19.6.